The normalized spacial score (nSPS) is 9.79. The zero-order valence-electron chi connectivity index (χ0n) is 10.4. The van der Waals surface area contributed by atoms with Crippen LogP contribution in [0.15, 0.2) is 22.0 Å². The molecule has 0 atom stereocenters. The first-order valence-electron chi connectivity index (χ1n) is 5.67. The molecule has 1 amide bonds. The largest absolute Gasteiger partial charge is 0.361 e. The molecule has 0 aliphatic rings. The molecule has 0 bridgehead atoms. The smallest absolute Gasteiger partial charge is 0.252 e. The van der Waals surface area contributed by atoms with Crippen molar-refractivity contribution in [1.82, 2.24) is 10.5 Å². The number of aryl methyl sites for hydroxylation is 1. The molecule has 0 radical (unpaired) electrons. The van der Waals surface area contributed by atoms with Crippen molar-refractivity contribution in [2.24, 2.45) is 5.73 Å². The summed E-state index contributed by atoms with van der Waals surface area (Å²) < 4.78 is 4.92. The summed E-state index contributed by atoms with van der Waals surface area (Å²) in [4.78, 5) is 12.7. The van der Waals surface area contributed by atoms with Gasteiger partial charge in [-0.2, -0.15) is 0 Å². The van der Waals surface area contributed by atoms with Crippen molar-refractivity contribution in [3.05, 3.63) is 39.4 Å². The molecular formula is C13H13N3O2S. The number of hydrogen-bond donors (Lipinski definition) is 2. The molecule has 6 heteroatoms. The van der Waals surface area contributed by atoms with Crippen molar-refractivity contribution in [3.8, 4) is 11.8 Å². The van der Waals surface area contributed by atoms with Crippen molar-refractivity contribution >= 4 is 17.2 Å². The number of nitrogens with one attached hydrogen (secondary N) is 1. The first-order valence-corrected chi connectivity index (χ1v) is 6.55. The second kappa shape index (κ2) is 6.18. The van der Waals surface area contributed by atoms with Crippen LogP contribution in [0.25, 0.3) is 0 Å². The molecule has 0 aromatic carbocycles. The number of hydrogen-bond acceptors (Lipinski definition) is 5. The predicted octanol–water partition coefficient (Wildman–Crippen LogP) is 1.28. The molecule has 3 N–H and O–H groups in total. The van der Waals surface area contributed by atoms with Crippen molar-refractivity contribution in [3.63, 3.8) is 0 Å². The van der Waals surface area contributed by atoms with E-state index in [0.717, 1.165) is 10.6 Å². The van der Waals surface area contributed by atoms with Crippen molar-refractivity contribution in [1.29, 1.82) is 0 Å². The molecule has 0 fully saturated rings. The molecule has 0 unspecified atom stereocenters. The van der Waals surface area contributed by atoms with E-state index < -0.39 is 0 Å². The van der Waals surface area contributed by atoms with E-state index in [4.69, 9.17) is 10.3 Å². The van der Waals surface area contributed by atoms with E-state index in [2.05, 4.69) is 22.3 Å². The number of carbonyl (C=O) groups excluding carboxylic acids is 1. The second-order valence-corrected chi connectivity index (χ2v) is 4.73. The fourth-order valence-corrected chi connectivity index (χ4v) is 2.19. The summed E-state index contributed by atoms with van der Waals surface area (Å²) in [5.41, 5.74) is 6.58. The van der Waals surface area contributed by atoms with Gasteiger partial charge in [-0.15, -0.1) is 11.3 Å². The van der Waals surface area contributed by atoms with Gasteiger partial charge >= 0.3 is 0 Å². The molecular weight excluding hydrogens is 262 g/mol. The van der Waals surface area contributed by atoms with Gasteiger partial charge in [0.15, 0.2) is 0 Å². The summed E-state index contributed by atoms with van der Waals surface area (Å²) in [6.07, 6.45) is 0. The minimum absolute atomic E-state index is 0.155. The monoisotopic (exact) mass is 275 g/mol. The lowest BCUT2D eigenvalue weighted by Crippen LogP contribution is -2.22. The van der Waals surface area contributed by atoms with E-state index in [-0.39, 0.29) is 5.91 Å². The maximum atomic E-state index is 11.9. The Morgan fingerprint density at radius 1 is 1.58 bits per heavy atom. The first kappa shape index (κ1) is 13.3. The van der Waals surface area contributed by atoms with Crippen molar-refractivity contribution < 1.29 is 9.32 Å². The molecule has 2 heterocycles. The van der Waals surface area contributed by atoms with E-state index in [9.17, 15) is 4.79 Å². The van der Waals surface area contributed by atoms with Crippen molar-refractivity contribution in [2.45, 2.75) is 13.5 Å². The molecule has 19 heavy (non-hydrogen) atoms. The molecule has 98 valence electrons. The van der Waals surface area contributed by atoms with Gasteiger partial charge in [0, 0.05) is 11.4 Å². The van der Waals surface area contributed by atoms with Crippen LogP contribution in [0.4, 0.5) is 0 Å². The third-order valence-corrected chi connectivity index (χ3v) is 3.13. The molecule has 2 aromatic rings. The van der Waals surface area contributed by atoms with Crippen LogP contribution in [0.1, 0.15) is 26.7 Å². The van der Waals surface area contributed by atoms with E-state index in [0.29, 0.717) is 24.3 Å². The number of nitrogens with two attached hydrogens (primary N) is 1. The fourth-order valence-electron chi connectivity index (χ4n) is 1.43. The Hall–Kier alpha value is -2.10. The van der Waals surface area contributed by atoms with E-state index in [1.54, 1.807) is 24.4 Å². The van der Waals surface area contributed by atoms with Gasteiger partial charge in [0.1, 0.15) is 11.5 Å². The number of carbonyl (C=O) groups is 1. The van der Waals surface area contributed by atoms with Crippen LogP contribution < -0.4 is 11.1 Å². The minimum Gasteiger partial charge on any atom is -0.361 e. The molecule has 0 saturated heterocycles. The van der Waals surface area contributed by atoms with Gasteiger partial charge in [-0.05, 0) is 13.0 Å². The third kappa shape index (κ3) is 3.68. The van der Waals surface area contributed by atoms with Crippen LogP contribution in [0, 0.1) is 18.8 Å². The molecule has 5 nitrogen and oxygen atoms in total. The van der Waals surface area contributed by atoms with Gasteiger partial charge in [-0.1, -0.05) is 17.0 Å². The maximum Gasteiger partial charge on any atom is 0.252 e. The summed E-state index contributed by atoms with van der Waals surface area (Å²) in [5.74, 6) is 6.21. The van der Waals surface area contributed by atoms with Crippen LogP contribution >= 0.6 is 11.3 Å². The number of aromatic nitrogens is 1. The number of amides is 1. The van der Waals surface area contributed by atoms with E-state index >= 15 is 0 Å². The Morgan fingerprint density at radius 3 is 3.11 bits per heavy atom. The van der Waals surface area contributed by atoms with Crippen LogP contribution in [-0.2, 0) is 6.54 Å². The lowest BCUT2D eigenvalue weighted by Gasteiger charge is -1.99. The van der Waals surface area contributed by atoms with Gasteiger partial charge in [0.2, 0.25) is 0 Å². The van der Waals surface area contributed by atoms with Crippen LogP contribution in [0.2, 0.25) is 0 Å². The average molecular weight is 275 g/mol. The Balaban J connectivity index is 1.94. The molecule has 0 spiro atoms. The van der Waals surface area contributed by atoms with Gasteiger partial charge < -0.3 is 15.6 Å². The topological polar surface area (TPSA) is 81.2 Å². The van der Waals surface area contributed by atoms with Gasteiger partial charge in [0.25, 0.3) is 5.91 Å². The highest BCUT2D eigenvalue weighted by Crippen LogP contribution is 2.13. The fraction of sp³-hybridized carbons (Fsp3) is 0.231. The highest BCUT2D eigenvalue weighted by molar-refractivity contribution is 7.10. The van der Waals surface area contributed by atoms with E-state index in [1.165, 1.54) is 11.3 Å². The van der Waals surface area contributed by atoms with Gasteiger partial charge in [0.05, 0.1) is 23.5 Å². The highest BCUT2D eigenvalue weighted by Gasteiger charge is 2.09. The van der Waals surface area contributed by atoms with Crippen LogP contribution in [0.5, 0.6) is 0 Å². The van der Waals surface area contributed by atoms with Gasteiger partial charge in [-0.3, -0.25) is 4.79 Å². The number of rotatable bonds is 3. The number of nitrogens with zero attached hydrogens (tertiary/aromatic N) is 1. The van der Waals surface area contributed by atoms with Crippen LogP contribution in [0.3, 0.4) is 0 Å². The molecule has 0 saturated carbocycles. The lowest BCUT2D eigenvalue weighted by atomic mass is 10.3. The lowest BCUT2D eigenvalue weighted by molar-refractivity contribution is 0.0950. The molecule has 2 aromatic heterocycles. The standard InChI is InChI=1S/C13H13N3O2S/c1-9-5-11(16-18-9)7-15-13(17)10-6-12(19-8-10)3-2-4-14/h5-6,8H,4,7,14H2,1H3,(H,15,17). The summed E-state index contributed by atoms with van der Waals surface area (Å²) in [6.45, 7) is 2.46. The Labute approximate surface area is 114 Å². The molecule has 0 aliphatic heterocycles. The van der Waals surface area contributed by atoms with Gasteiger partial charge in [-0.25, -0.2) is 0 Å². The number of thiophene rings is 1. The average Bonchev–Trinajstić information content (AvgIpc) is 3.02. The summed E-state index contributed by atoms with van der Waals surface area (Å²) in [5, 5.41) is 8.34. The third-order valence-electron chi connectivity index (χ3n) is 2.28. The molecule has 0 aliphatic carbocycles. The Bertz CT molecular complexity index is 634. The van der Waals surface area contributed by atoms with Crippen LogP contribution in [-0.4, -0.2) is 17.6 Å². The van der Waals surface area contributed by atoms with E-state index in [1.807, 2.05) is 0 Å². The summed E-state index contributed by atoms with van der Waals surface area (Å²) in [7, 11) is 0. The molecule has 2 rings (SSSR count). The first-order chi connectivity index (χ1) is 9.19. The zero-order chi connectivity index (χ0) is 13.7. The summed E-state index contributed by atoms with van der Waals surface area (Å²) in [6, 6.07) is 3.53. The predicted molar refractivity (Wildman–Crippen MR) is 72.7 cm³/mol. The zero-order valence-corrected chi connectivity index (χ0v) is 11.2. The SMILES string of the molecule is Cc1cc(CNC(=O)c2csc(C#CCN)c2)no1. The quantitative estimate of drug-likeness (QED) is 0.827. The second-order valence-electron chi connectivity index (χ2n) is 3.82. The summed E-state index contributed by atoms with van der Waals surface area (Å²) >= 11 is 1.42. The Kier molecular flexibility index (Phi) is 4.34. The maximum absolute atomic E-state index is 11.9. The van der Waals surface area contributed by atoms with Crippen molar-refractivity contribution in [2.75, 3.05) is 6.54 Å². The minimum atomic E-state index is -0.155. The Morgan fingerprint density at radius 2 is 2.42 bits per heavy atom. The highest BCUT2D eigenvalue weighted by atomic mass is 32.1.